The van der Waals surface area contributed by atoms with E-state index in [1.54, 1.807) is 18.2 Å². The van der Waals surface area contributed by atoms with E-state index in [9.17, 15) is 19.2 Å². The smallest absolute Gasteiger partial charge is 0.407 e. The van der Waals surface area contributed by atoms with Crippen molar-refractivity contribution in [2.45, 2.75) is 13.0 Å². The predicted octanol–water partition coefficient (Wildman–Crippen LogP) is 2.06. The molecule has 0 aliphatic rings. The maximum absolute atomic E-state index is 12.8. The van der Waals surface area contributed by atoms with Gasteiger partial charge in [0.1, 0.15) is 12.6 Å². The number of methoxy groups -OCH3 is 1. The lowest BCUT2D eigenvalue weighted by Crippen LogP contribution is -2.44. The second-order valence-corrected chi connectivity index (χ2v) is 5.64. The molecule has 2 N–H and O–H groups in total. The summed E-state index contributed by atoms with van der Waals surface area (Å²) in [6, 6.07) is 3.66. The van der Waals surface area contributed by atoms with E-state index in [4.69, 9.17) is 16.3 Å². The van der Waals surface area contributed by atoms with Gasteiger partial charge in [0.2, 0.25) is 0 Å². The molecule has 1 aromatic carbocycles. The maximum atomic E-state index is 12.8. The molecule has 138 valence electrons. The maximum Gasteiger partial charge on any atom is 0.407 e. The number of hydrogen-bond donors (Lipinski definition) is 2. The largest absolute Gasteiger partial charge is 0.463 e. The van der Waals surface area contributed by atoms with Crippen LogP contribution < -0.4 is 5.32 Å². The van der Waals surface area contributed by atoms with Crippen molar-refractivity contribution < 1.29 is 28.7 Å². The lowest BCUT2D eigenvalue weighted by atomic mass is 10.0. The number of alkyl halides is 1. The van der Waals surface area contributed by atoms with Gasteiger partial charge in [0, 0.05) is 35.2 Å². The Bertz CT molecular complexity index is 860. The molecule has 26 heavy (non-hydrogen) atoms. The molecule has 0 saturated heterocycles. The molecule has 0 unspecified atom stereocenters. The number of carbonyl (C=O) groups is 4. The number of aromatic amines is 1. The minimum atomic E-state index is -1.14. The first-order valence-electron chi connectivity index (χ1n) is 7.59. The second-order valence-electron chi connectivity index (χ2n) is 5.37. The van der Waals surface area contributed by atoms with Crippen molar-refractivity contribution in [3.05, 3.63) is 35.5 Å². The Morgan fingerprint density at radius 1 is 1.27 bits per heavy atom. The van der Waals surface area contributed by atoms with Gasteiger partial charge in [0.05, 0.1) is 13.0 Å². The average Bonchev–Trinajstić information content (AvgIpc) is 3.06. The number of fused-ring (bicyclic) bond motifs is 1. The van der Waals surface area contributed by atoms with Gasteiger partial charge in [-0.25, -0.2) is 4.79 Å². The number of H-pyrrole nitrogens is 1. The molecule has 0 fully saturated rings. The molecule has 0 bridgehead atoms. The van der Waals surface area contributed by atoms with Crippen LogP contribution in [0.15, 0.2) is 24.4 Å². The Balaban J connectivity index is 2.38. The van der Waals surface area contributed by atoms with Crippen molar-refractivity contribution in [1.29, 1.82) is 0 Å². The fourth-order valence-corrected chi connectivity index (χ4v) is 2.50. The van der Waals surface area contributed by atoms with Gasteiger partial charge < -0.3 is 19.8 Å². The monoisotopic (exact) mass is 380 g/mol. The molecular formula is C17H17ClN2O6. The summed E-state index contributed by atoms with van der Waals surface area (Å²) in [6.07, 6.45) is 0.621. The molecule has 0 saturated carbocycles. The first-order chi connectivity index (χ1) is 12.4. The number of benzene rings is 1. The van der Waals surface area contributed by atoms with Gasteiger partial charge >= 0.3 is 12.1 Å². The molecule has 2 aromatic rings. The number of nitrogens with one attached hydrogen (secondary N) is 2. The normalized spacial score (nSPS) is 11.7. The first-order valence-corrected chi connectivity index (χ1v) is 8.13. The van der Waals surface area contributed by atoms with Gasteiger partial charge in [-0.3, -0.25) is 14.4 Å². The molecule has 1 atom stereocenters. The van der Waals surface area contributed by atoms with Crippen molar-refractivity contribution in [3.63, 3.8) is 0 Å². The lowest BCUT2D eigenvalue weighted by Gasteiger charge is -2.16. The molecule has 9 heteroatoms. The highest BCUT2D eigenvalue weighted by Gasteiger charge is 2.26. The van der Waals surface area contributed by atoms with Crippen LogP contribution in [0.25, 0.3) is 10.9 Å². The van der Waals surface area contributed by atoms with Crippen LogP contribution in [0.4, 0.5) is 4.79 Å². The fraction of sp³-hybridized carbons (Fsp3) is 0.294. The summed E-state index contributed by atoms with van der Waals surface area (Å²) >= 11 is 5.57. The molecule has 1 heterocycles. The second kappa shape index (κ2) is 8.48. The Labute approximate surface area is 153 Å². The zero-order chi connectivity index (χ0) is 19.3. The van der Waals surface area contributed by atoms with Crippen molar-refractivity contribution >= 4 is 46.1 Å². The van der Waals surface area contributed by atoms with Crippen LogP contribution in [0, 0.1) is 0 Å². The van der Waals surface area contributed by atoms with E-state index in [2.05, 4.69) is 15.0 Å². The highest BCUT2D eigenvalue weighted by molar-refractivity contribution is 6.30. The standard InChI is InChI=1S/C17H17ClN2O6/c1-9(21)26-8-14(20-17(24)25-2)16(23)12-7-19-13-4-3-10(5-11(12)13)15(22)6-18/h3-5,7,14,19H,6,8H2,1-2H3,(H,20,24)/t14-/m1/s1. The molecule has 0 spiro atoms. The third-order valence-corrected chi connectivity index (χ3v) is 3.88. The van der Waals surface area contributed by atoms with E-state index >= 15 is 0 Å². The van der Waals surface area contributed by atoms with Gasteiger partial charge in [-0.05, 0) is 18.2 Å². The van der Waals surface area contributed by atoms with Gasteiger partial charge in [0.15, 0.2) is 11.6 Å². The predicted molar refractivity (Wildman–Crippen MR) is 93.6 cm³/mol. The topological polar surface area (TPSA) is 115 Å². The summed E-state index contributed by atoms with van der Waals surface area (Å²) in [5.74, 6) is -1.56. The SMILES string of the molecule is COC(=O)N[C@H](COC(C)=O)C(=O)c1c[nH]c2ccc(C(=O)CCl)cc12. The first kappa shape index (κ1) is 19.5. The number of halogens is 1. The Kier molecular flexibility index (Phi) is 6.35. The van der Waals surface area contributed by atoms with E-state index in [1.165, 1.54) is 13.1 Å². The number of ketones is 2. The number of hydrogen-bond acceptors (Lipinski definition) is 6. The van der Waals surface area contributed by atoms with Gasteiger partial charge in [-0.2, -0.15) is 0 Å². The molecule has 0 aliphatic heterocycles. The van der Waals surface area contributed by atoms with Crippen LogP contribution in [-0.2, 0) is 14.3 Å². The molecule has 1 amide bonds. The Hall–Kier alpha value is -2.87. The van der Waals surface area contributed by atoms with Crippen LogP contribution in [0.2, 0.25) is 0 Å². The molecule has 0 aliphatic carbocycles. The summed E-state index contributed by atoms with van der Waals surface area (Å²) in [7, 11) is 1.15. The number of alkyl carbamates (subject to hydrolysis) is 1. The van der Waals surface area contributed by atoms with Crippen LogP contribution in [0.5, 0.6) is 0 Å². The van der Waals surface area contributed by atoms with E-state index < -0.39 is 23.9 Å². The van der Waals surface area contributed by atoms with Crippen LogP contribution >= 0.6 is 11.6 Å². The van der Waals surface area contributed by atoms with Crippen molar-refractivity contribution in [1.82, 2.24) is 10.3 Å². The highest BCUT2D eigenvalue weighted by Crippen LogP contribution is 2.22. The quantitative estimate of drug-likeness (QED) is 0.431. The minimum Gasteiger partial charge on any atom is -0.463 e. The van der Waals surface area contributed by atoms with Crippen LogP contribution in [0.1, 0.15) is 27.6 Å². The number of amides is 1. The fourth-order valence-electron chi connectivity index (χ4n) is 2.35. The number of Topliss-reactive ketones (excluding diaryl/α,β-unsaturated/α-hetero) is 2. The van der Waals surface area contributed by atoms with Crippen LogP contribution in [-0.4, -0.2) is 54.3 Å². The summed E-state index contributed by atoms with van der Waals surface area (Å²) < 4.78 is 9.35. The summed E-state index contributed by atoms with van der Waals surface area (Å²) in [4.78, 5) is 50.1. The Morgan fingerprint density at radius 2 is 2.00 bits per heavy atom. The van der Waals surface area contributed by atoms with E-state index in [0.29, 0.717) is 16.5 Å². The zero-order valence-corrected chi connectivity index (χ0v) is 14.9. The number of esters is 1. The number of ether oxygens (including phenoxy) is 2. The van der Waals surface area contributed by atoms with E-state index in [-0.39, 0.29) is 23.8 Å². The third-order valence-electron chi connectivity index (χ3n) is 3.64. The van der Waals surface area contributed by atoms with Gasteiger partial charge in [0.25, 0.3) is 0 Å². The number of rotatable bonds is 7. The van der Waals surface area contributed by atoms with Crippen molar-refractivity contribution in [2.75, 3.05) is 19.6 Å². The highest BCUT2D eigenvalue weighted by atomic mass is 35.5. The molecule has 1 aromatic heterocycles. The van der Waals surface area contributed by atoms with Crippen molar-refractivity contribution in [3.8, 4) is 0 Å². The molecule has 2 rings (SSSR count). The van der Waals surface area contributed by atoms with E-state index in [0.717, 1.165) is 7.11 Å². The Morgan fingerprint density at radius 3 is 2.62 bits per heavy atom. The number of carbonyl (C=O) groups excluding carboxylic acids is 4. The average molecular weight is 381 g/mol. The summed E-state index contributed by atoms with van der Waals surface area (Å²) in [5, 5.41) is 2.82. The van der Waals surface area contributed by atoms with Gasteiger partial charge in [-0.15, -0.1) is 11.6 Å². The van der Waals surface area contributed by atoms with Gasteiger partial charge in [-0.1, -0.05) is 0 Å². The van der Waals surface area contributed by atoms with E-state index in [1.807, 2.05) is 0 Å². The molecule has 0 radical (unpaired) electrons. The third kappa shape index (κ3) is 4.40. The minimum absolute atomic E-state index is 0.182. The summed E-state index contributed by atoms with van der Waals surface area (Å²) in [6.45, 7) is 0.839. The van der Waals surface area contributed by atoms with Crippen molar-refractivity contribution in [2.24, 2.45) is 0 Å². The molecule has 8 nitrogen and oxygen atoms in total. The zero-order valence-electron chi connectivity index (χ0n) is 14.1. The summed E-state index contributed by atoms with van der Waals surface area (Å²) in [5.41, 5.74) is 1.22. The lowest BCUT2D eigenvalue weighted by molar-refractivity contribution is -0.141. The molecular weight excluding hydrogens is 364 g/mol. The van der Waals surface area contributed by atoms with Crippen LogP contribution in [0.3, 0.4) is 0 Å². The number of aromatic nitrogens is 1.